The Hall–Kier alpha value is -3.20. The molecule has 0 fully saturated rings. The van der Waals surface area contributed by atoms with E-state index in [0.717, 1.165) is 5.56 Å². The van der Waals surface area contributed by atoms with Gasteiger partial charge < -0.3 is 15.2 Å². The molecule has 0 aliphatic heterocycles. The van der Waals surface area contributed by atoms with Gasteiger partial charge >= 0.3 is 0 Å². The number of benzene rings is 2. The van der Waals surface area contributed by atoms with Crippen molar-refractivity contribution in [2.45, 2.75) is 25.5 Å². The number of hydrogen-bond donors (Lipinski definition) is 2. The van der Waals surface area contributed by atoms with Crippen LogP contribution in [0.5, 0.6) is 0 Å². The Labute approximate surface area is 171 Å². The van der Waals surface area contributed by atoms with Gasteiger partial charge in [-0.25, -0.2) is 4.39 Å². The normalized spacial score (nSPS) is 10.6. The summed E-state index contributed by atoms with van der Waals surface area (Å²) in [5.74, 6) is 0.0650. The van der Waals surface area contributed by atoms with Gasteiger partial charge in [-0.1, -0.05) is 23.9 Å². The van der Waals surface area contributed by atoms with Crippen LogP contribution in [0.25, 0.3) is 11.4 Å². The summed E-state index contributed by atoms with van der Waals surface area (Å²) < 4.78 is 14.9. The molecule has 7 nitrogen and oxygen atoms in total. The fraction of sp³-hybridized carbons (Fsp3) is 0.200. The predicted octanol–water partition coefficient (Wildman–Crippen LogP) is 3.79. The van der Waals surface area contributed by atoms with E-state index in [4.69, 9.17) is 0 Å². The van der Waals surface area contributed by atoms with Gasteiger partial charge in [0.25, 0.3) is 0 Å². The van der Waals surface area contributed by atoms with Gasteiger partial charge in [0.2, 0.25) is 11.8 Å². The molecule has 0 radical (unpaired) electrons. The molecule has 2 amide bonds. The predicted molar refractivity (Wildman–Crippen MR) is 111 cm³/mol. The second-order valence-corrected chi connectivity index (χ2v) is 7.10. The molecular formula is C20H20FN5O2S. The van der Waals surface area contributed by atoms with Crippen molar-refractivity contribution in [1.29, 1.82) is 0 Å². The Bertz CT molecular complexity index is 1020. The van der Waals surface area contributed by atoms with Gasteiger partial charge in [0.05, 0.1) is 5.75 Å². The monoisotopic (exact) mass is 413 g/mol. The van der Waals surface area contributed by atoms with Crippen molar-refractivity contribution in [3.63, 3.8) is 0 Å². The molecule has 1 heterocycles. The lowest BCUT2D eigenvalue weighted by molar-refractivity contribution is -0.114. The van der Waals surface area contributed by atoms with Crippen LogP contribution in [-0.4, -0.2) is 32.3 Å². The molecule has 1 aromatic heterocycles. The van der Waals surface area contributed by atoms with E-state index in [1.165, 1.54) is 43.0 Å². The Morgan fingerprint density at radius 1 is 1.07 bits per heavy atom. The number of nitrogens with zero attached hydrogens (tertiary/aromatic N) is 3. The molecule has 0 atom stereocenters. The Balaban J connectivity index is 1.70. The zero-order valence-corrected chi connectivity index (χ0v) is 16.8. The van der Waals surface area contributed by atoms with Crippen LogP contribution < -0.4 is 10.6 Å². The summed E-state index contributed by atoms with van der Waals surface area (Å²) in [4.78, 5) is 23.5. The number of anilines is 2. The van der Waals surface area contributed by atoms with E-state index in [9.17, 15) is 14.0 Å². The van der Waals surface area contributed by atoms with Gasteiger partial charge in [-0.15, -0.1) is 10.2 Å². The van der Waals surface area contributed by atoms with E-state index >= 15 is 0 Å². The lowest BCUT2D eigenvalue weighted by atomic mass is 10.2. The van der Waals surface area contributed by atoms with Crippen LogP contribution >= 0.6 is 11.8 Å². The first-order valence-corrected chi connectivity index (χ1v) is 9.94. The quantitative estimate of drug-likeness (QED) is 0.575. The van der Waals surface area contributed by atoms with Gasteiger partial charge in [-0.2, -0.15) is 0 Å². The van der Waals surface area contributed by atoms with Gasteiger partial charge in [0.1, 0.15) is 5.82 Å². The maximum Gasteiger partial charge on any atom is 0.234 e. The second kappa shape index (κ2) is 9.33. The third kappa shape index (κ3) is 5.41. The van der Waals surface area contributed by atoms with Gasteiger partial charge in [-0.3, -0.25) is 9.59 Å². The molecule has 3 aromatic rings. The lowest BCUT2D eigenvalue weighted by Gasteiger charge is -2.09. The van der Waals surface area contributed by atoms with Crippen LogP contribution in [-0.2, 0) is 16.1 Å². The van der Waals surface area contributed by atoms with E-state index in [1.807, 2.05) is 29.7 Å². The molecule has 2 N–H and O–H groups in total. The van der Waals surface area contributed by atoms with Crippen LogP contribution in [0.15, 0.2) is 53.7 Å². The molecule has 9 heteroatoms. The molecule has 0 spiro atoms. The fourth-order valence-electron chi connectivity index (χ4n) is 2.69. The third-order valence-electron chi connectivity index (χ3n) is 3.93. The summed E-state index contributed by atoms with van der Waals surface area (Å²) in [6.07, 6.45) is 0. The van der Waals surface area contributed by atoms with Crippen molar-refractivity contribution in [1.82, 2.24) is 14.8 Å². The first kappa shape index (κ1) is 20.5. The fourth-order valence-corrected chi connectivity index (χ4v) is 3.50. The zero-order chi connectivity index (χ0) is 20.8. The molecular weight excluding hydrogens is 393 g/mol. The number of nitrogens with one attached hydrogen (secondary N) is 2. The number of aromatic nitrogens is 3. The van der Waals surface area contributed by atoms with Crippen LogP contribution in [0.1, 0.15) is 13.8 Å². The minimum atomic E-state index is -0.358. The largest absolute Gasteiger partial charge is 0.326 e. The summed E-state index contributed by atoms with van der Waals surface area (Å²) in [5, 5.41) is 14.5. The highest BCUT2D eigenvalue weighted by molar-refractivity contribution is 7.99. The van der Waals surface area contributed by atoms with E-state index in [2.05, 4.69) is 20.8 Å². The topological polar surface area (TPSA) is 88.9 Å². The maximum absolute atomic E-state index is 13.0. The molecule has 0 aliphatic rings. The van der Waals surface area contributed by atoms with Crippen molar-refractivity contribution in [2.24, 2.45) is 0 Å². The summed E-state index contributed by atoms with van der Waals surface area (Å²) in [5.41, 5.74) is 2.02. The molecule has 2 aromatic carbocycles. The average Bonchev–Trinajstić information content (AvgIpc) is 3.11. The summed E-state index contributed by atoms with van der Waals surface area (Å²) >= 11 is 1.27. The van der Waals surface area contributed by atoms with Gasteiger partial charge in [0.15, 0.2) is 11.0 Å². The number of amides is 2. The third-order valence-corrected chi connectivity index (χ3v) is 4.90. The van der Waals surface area contributed by atoms with Crippen molar-refractivity contribution < 1.29 is 14.0 Å². The zero-order valence-electron chi connectivity index (χ0n) is 16.0. The average molecular weight is 413 g/mol. The summed E-state index contributed by atoms with van der Waals surface area (Å²) in [6, 6.07) is 12.9. The molecule has 0 bridgehead atoms. The smallest absolute Gasteiger partial charge is 0.234 e. The van der Waals surface area contributed by atoms with Gasteiger partial charge in [0, 0.05) is 30.4 Å². The minimum Gasteiger partial charge on any atom is -0.326 e. The second-order valence-electron chi connectivity index (χ2n) is 6.16. The van der Waals surface area contributed by atoms with Crippen molar-refractivity contribution >= 4 is 35.0 Å². The first-order chi connectivity index (χ1) is 14.0. The summed E-state index contributed by atoms with van der Waals surface area (Å²) in [7, 11) is 0. The molecule has 0 saturated carbocycles. The highest BCUT2D eigenvalue weighted by atomic mass is 32.2. The Morgan fingerprint density at radius 2 is 1.83 bits per heavy atom. The van der Waals surface area contributed by atoms with Crippen LogP contribution in [0.2, 0.25) is 0 Å². The summed E-state index contributed by atoms with van der Waals surface area (Å²) in [6.45, 7) is 4.04. The van der Waals surface area contributed by atoms with Crippen LogP contribution in [0, 0.1) is 5.82 Å². The molecule has 0 unspecified atom stereocenters. The lowest BCUT2D eigenvalue weighted by Crippen LogP contribution is -2.14. The number of hydrogen-bond acceptors (Lipinski definition) is 5. The highest BCUT2D eigenvalue weighted by Gasteiger charge is 2.15. The standard InChI is InChI=1S/C20H20FN5O2S/c1-3-26-19(14-5-4-6-17(11-14)22-13(2)27)24-25-20(26)29-12-18(28)23-16-9-7-15(21)8-10-16/h4-11H,3,12H2,1-2H3,(H,22,27)(H,23,28). The maximum atomic E-state index is 13.0. The number of carbonyl (C=O) groups excluding carboxylic acids is 2. The first-order valence-electron chi connectivity index (χ1n) is 8.95. The van der Waals surface area contributed by atoms with E-state index in [-0.39, 0.29) is 23.4 Å². The SMILES string of the molecule is CCn1c(SCC(=O)Nc2ccc(F)cc2)nnc1-c1cccc(NC(C)=O)c1. The molecule has 150 valence electrons. The Kier molecular flexibility index (Phi) is 6.61. The highest BCUT2D eigenvalue weighted by Crippen LogP contribution is 2.26. The molecule has 0 saturated heterocycles. The van der Waals surface area contributed by atoms with Crippen LogP contribution in [0.4, 0.5) is 15.8 Å². The number of halogens is 1. The van der Waals surface area contributed by atoms with Crippen molar-refractivity contribution in [3.05, 3.63) is 54.3 Å². The molecule has 29 heavy (non-hydrogen) atoms. The Morgan fingerprint density at radius 3 is 2.52 bits per heavy atom. The van der Waals surface area contributed by atoms with E-state index in [1.54, 1.807) is 6.07 Å². The minimum absolute atomic E-state index is 0.140. The van der Waals surface area contributed by atoms with Crippen LogP contribution in [0.3, 0.4) is 0 Å². The number of carbonyl (C=O) groups is 2. The number of rotatable bonds is 7. The van der Waals surface area contributed by atoms with Crippen molar-refractivity contribution in [2.75, 3.05) is 16.4 Å². The molecule has 0 aliphatic carbocycles. The molecule has 3 rings (SSSR count). The van der Waals surface area contributed by atoms with E-state index < -0.39 is 0 Å². The van der Waals surface area contributed by atoms with Crippen molar-refractivity contribution in [3.8, 4) is 11.4 Å². The van der Waals surface area contributed by atoms with Gasteiger partial charge in [-0.05, 0) is 43.3 Å². The van der Waals surface area contributed by atoms with E-state index in [0.29, 0.717) is 28.9 Å². The number of thioether (sulfide) groups is 1.